The Morgan fingerprint density at radius 3 is 2.72 bits per heavy atom. The van der Waals surface area contributed by atoms with Crippen LogP contribution in [0.25, 0.3) is 5.69 Å². The van der Waals surface area contributed by atoms with Gasteiger partial charge in [0.15, 0.2) is 0 Å². The lowest BCUT2D eigenvalue weighted by atomic mass is 10.1. The first-order valence-electron chi connectivity index (χ1n) is 9.97. The predicted molar refractivity (Wildman–Crippen MR) is 107 cm³/mol. The van der Waals surface area contributed by atoms with Gasteiger partial charge in [0.05, 0.1) is 11.9 Å². The van der Waals surface area contributed by atoms with E-state index in [2.05, 4.69) is 37.8 Å². The second kappa shape index (κ2) is 6.98. The van der Waals surface area contributed by atoms with Crippen molar-refractivity contribution in [3.63, 3.8) is 0 Å². The van der Waals surface area contributed by atoms with Gasteiger partial charge in [0.2, 0.25) is 5.89 Å². The third kappa shape index (κ3) is 3.72. The molecule has 2 aliphatic rings. The average Bonchev–Trinajstić information content (AvgIpc) is 3.11. The van der Waals surface area contributed by atoms with Gasteiger partial charge in [0, 0.05) is 29.8 Å². The molecule has 2 saturated carbocycles. The zero-order chi connectivity index (χ0) is 19.8. The van der Waals surface area contributed by atoms with Crippen molar-refractivity contribution in [3.05, 3.63) is 52.9 Å². The van der Waals surface area contributed by atoms with Crippen molar-refractivity contribution in [3.8, 4) is 5.69 Å². The summed E-state index contributed by atoms with van der Waals surface area (Å²) in [5.41, 5.74) is 0.551. The Morgan fingerprint density at radius 2 is 2.00 bits per heavy atom. The van der Waals surface area contributed by atoms with E-state index in [9.17, 15) is 4.79 Å². The van der Waals surface area contributed by atoms with E-state index in [0.717, 1.165) is 43.8 Å². The van der Waals surface area contributed by atoms with Gasteiger partial charge in [-0.15, -0.1) is 0 Å². The summed E-state index contributed by atoms with van der Waals surface area (Å²) >= 11 is 0. The lowest BCUT2D eigenvalue weighted by molar-refractivity contribution is 0.353. The summed E-state index contributed by atoms with van der Waals surface area (Å²) in [6, 6.07) is 7.43. The Hall–Kier alpha value is -3.23. The van der Waals surface area contributed by atoms with Gasteiger partial charge in [0.25, 0.3) is 11.5 Å². The maximum absolute atomic E-state index is 11.9. The highest BCUT2D eigenvalue weighted by atomic mass is 16.5. The van der Waals surface area contributed by atoms with Crippen molar-refractivity contribution in [1.29, 1.82) is 0 Å². The Balaban J connectivity index is 1.17. The molecule has 0 aromatic carbocycles. The summed E-state index contributed by atoms with van der Waals surface area (Å²) < 4.78 is 6.73. The van der Waals surface area contributed by atoms with Crippen molar-refractivity contribution in [2.75, 3.05) is 10.6 Å². The van der Waals surface area contributed by atoms with Crippen molar-refractivity contribution >= 4 is 11.8 Å². The highest BCUT2D eigenvalue weighted by molar-refractivity contribution is 5.41. The first-order valence-corrected chi connectivity index (χ1v) is 9.97. The number of aromatic nitrogens is 5. The number of rotatable bonds is 6. The van der Waals surface area contributed by atoms with E-state index in [1.165, 1.54) is 10.7 Å². The first kappa shape index (κ1) is 17.8. The van der Waals surface area contributed by atoms with Crippen LogP contribution in [0, 0.1) is 0 Å². The van der Waals surface area contributed by atoms with Crippen LogP contribution in [0.2, 0.25) is 0 Å². The number of hydrogen-bond acceptors (Lipinski definition) is 8. The van der Waals surface area contributed by atoms with Crippen LogP contribution in [-0.4, -0.2) is 37.0 Å². The highest BCUT2D eigenvalue weighted by Gasteiger charge is 2.44. The zero-order valence-electron chi connectivity index (χ0n) is 16.2. The van der Waals surface area contributed by atoms with Crippen molar-refractivity contribution in [2.45, 2.75) is 56.5 Å². The Morgan fingerprint density at radius 1 is 1.17 bits per heavy atom. The lowest BCUT2D eigenvalue weighted by Gasteiger charge is -2.14. The molecule has 0 radical (unpaired) electrons. The number of pyridine rings is 1. The van der Waals surface area contributed by atoms with Gasteiger partial charge in [-0.1, -0.05) is 6.92 Å². The Labute approximate surface area is 167 Å². The molecular weight excluding hydrogens is 370 g/mol. The summed E-state index contributed by atoms with van der Waals surface area (Å²) in [7, 11) is 0. The topological polar surface area (TPSA) is 111 Å². The van der Waals surface area contributed by atoms with E-state index < -0.39 is 0 Å². The van der Waals surface area contributed by atoms with E-state index in [1.54, 1.807) is 18.5 Å². The molecule has 0 aliphatic heterocycles. The number of anilines is 2. The Bertz CT molecular complexity index is 1050. The van der Waals surface area contributed by atoms with Crippen LogP contribution in [0.4, 0.5) is 11.8 Å². The molecule has 9 heteroatoms. The van der Waals surface area contributed by atoms with E-state index in [4.69, 9.17) is 4.52 Å². The fraction of sp³-hybridized carbons (Fsp3) is 0.450. The number of hydrogen-bond donors (Lipinski definition) is 2. The van der Waals surface area contributed by atoms with E-state index in [0.29, 0.717) is 23.7 Å². The highest BCUT2D eigenvalue weighted by Crippen LogP contribution is 2.46. The van der Waals surface area contributed by atoms with Gasteiger partial charge >= 0.3 is 0 Å². The van der Waals surface area contributed by atoms with Crippen LogP contribution in [0.15, 0.2) is 46.0 Å². The van der Waals surface area contributed by atoms with E-state index >= 15 is 0 Å². The second-order valence-electron chi connectivity index (χ2n) is 8.15. The molecule has 2 atom stereocenters. The SMILES string of the molecule is CC1(c2nc(N[C@H]3CC[C@H](Nc4ccc(-n5ncccc5=O)cn4)C3)no2)CC1. The molecule has 9 nitrogen and oxygen atoms in total. The largest absolute Gasteiger partial charge is 0.367 e. The minimum atomic E-state index is -0.181. The van der Waals surface area contributed by atoms with Gasteiger partial charge in [-0.05, 0) is 55.5 Å². The molecule has 5 rings (SSSR count). The van der Waals surface area contributed by atoms with Gasteiger partial charge in [-0.3, -0.25) is 4.79 Å². The van der Waals surface area contributed by atoms with Crippen LogP contribution < -0.4 is 16.2 Å². The first-order chi connectivity index (χ1) is 14.1. The molecule has 2 fully saturated rings. The molecule has 0 amide bonds. The summed E-state index contributed by atoms with van der Waals surface area (Å²) in [5, 5.41) is 15.0. The molecule has 0 unspecified atom stereocenters. The summed E-state index contributed by atoms with van der Waals surface area (Å²) in [6.07, 6.45) is 8.47. The fourth-order valence-corrected chi connectivity index (χ4v) is 3.71. The monoisotopic (exact) mass is 393 g/mol. The minimum Gasteiger partial charge on any atom is -0.367 e. The second-order valence-corrected chi connectivity index (χ2v) is 8.15. The minimum absolute atomic E-state index is 0.0882. The standard InChI is InChI=1S/C20H23N7O2/c1-20(8-9-20)18-25-19(26-29-18)24-14-5-4-13(11-14)23-16-7-6-15(12-21-16)27-17(28)3-2-10-22-27/h2-3,6-7,10,12-14H,4-5,8-9,11H2,1H3,(H,21,23)(H,24,26)/t13-,14-/m0/s1. The fourth-order valence-electron chi connectivity index (χ4n) is 3.71. The molecule has 2 aliphatic carbocycles. The average molecular weight is 393 g/mol. The van der Waals surface area contributed by atoms with Gasteiger partial charge in [-0.2, -0.15) is 14.8 Å². The molecule has 29 heavy (non-hydrogen) atoms. The lowest BCUT2D eigenvalue weighted by Crippen LogP contribution is -2.22. The summed E-state index contributed by atoms with van der Waals surface area (Å²) in [5.74, 6) is 2.11. The van der Waals surface area contributed by atoms with Crippen molar-refractivity contribution < 1.29 is 4.52 Å². The van der Waals surface area contributed by atoms with Gasteiger partial charge in [0.1, 0.15) is 5.82 Å². The molecule has 3 aromatic heterocycles. The van der Waals surface area contributed by atoms with E-state index in [1.807, 2.05) is 12.1 Å². The molecule has 150 valence electrons. The zero-order valence-corrected chi connectivity index (χ0v) is 16.2. The normalized spacial score (nSPS) is 22.4. The van der Waals surface area contributed by atoms with Crippen LogP contribution in [0.3, 0.4) is 0 Å². The molecule has 0 spiro atoms. The number of nitrogens with zero attached hydrogens (tertiary/aromatic N) is 5. The van der Waals surface area contributed by atoms with E-state index in [-0.39, 0.29) is 11.0 Å². The number of nitrogens with one attached hydrogen (secondary N) is 2. The van der Waals surface area contributed by atoms with Crippen LogP contribution in [-0.2, 0) is 5.41 Å². The molecule has 3 heterocycles. The Kier molecular flexibility index (Phi) is 4.30. The molecule has 3 aromatic rings. The third-order valence-corrected chi connectivity index (χ3v) is 5.77. The molecular formula is C20H23N7O2. The summed E-state index contributed by atoms with van der Waals surface area (Å²) in [4.78, 5) is 20.8. The maximum Gasteiger partial charge on any atom is 0.271 e. The van der Waals surface area contributed by atoms with Crippen molar-refractivity contribution in [1.82, 2.24) is 24.9 Å². The van der Waals surface area contributed by atoms with Crippen LogP contribution >= 0.6 is 0 Å². The predicted octanol–water partition coefficient (Wildman–Crippen LogP) is 2.51. The van der Waals surface area contributed by atoms with Crippen LogP contribution in [0.5, 0.6) is 0 Å². The summed E-state index contributed by atoms with van der Waals surface area (Å²) in [6.45, 7) is 2.16. The van der Waals surface area contributed by atoms with Gasteiger partial charge in [-0.25, -0.2) is 4.98 Å². The van der Waals surface area contributed by atoms with Crippen LogP contribution in [0.1, 0.15) is 44.9 Å². The van der Waals surface area contributed by atoms with Gasteiger partial charge < -0.3 is 15.2 Å². The van der Waals surface area contributed by atoms with Crippen molar-refractivity contribution in [2.24, 2.45) is 0 Å². The molecule has 0 saturated heterocycles. The quantitative estimate of drug-likeness (QED) is 0.657. The third-order valence-electron chi connectivity index (χ3n) is 5.77. The maximum atomic E-state index is 11.9. The molecule has 0 bridgehead atoms. The molecule has 2 N–H and O–H groups in total. The smallest absolute Gasteiger partial charge is 0.271 e.